The molecule has 3 aliphatic rings. The quantitative estimate of drug-likeness (QED) is 0.765. The molecule has 2 bridgehead atoms. The Hall–Kier alpha value is -1.10. The van der Waals surface area contributed by atoms with E-state index in [4.69, 9.17) is 9.47 Å². The van der Waals surface area contributed by atoms with Gasteiger partial charge in [0.15, 0.2) is 0 Å². The predicted molar refractivity (Wildman–Crippen MR) is 110 cm³/mol. The molecule has 0 unspecified atom stereocenters. The number of hydrogen-bond acceptors (Lipinski definition) is 4. The van der Waals surface area contributed by atoms with Crippen molar-refractivity contribution in [2.45, 2.75) is 56.5 Å². The lowest BCUT2D eigenvalue weighted by Gasteiger charge is -2.56. The highest BCUT2D eigenvalue weighted by molar-refractivity contribution is 5.45. The Bertz CT molecular complexity index is 664. The fourth-order valence-electron chi connectivity index (χ4n) is 6.18. The van der Waals surface area contributed by atoms with E-state index < -0.39 is 0 Å². The number of benzene rings is 1. The van der Waals surface area contributed by atoms with Gasteiger partial charge in [0.2, 0.25) is 0 Å². The Morgan fingerprint density at radius 2 is 2.07 bits per heavy atom. The summed E-state index contributed by atoms with van der Waals surface area (Å²) in [5.41, 5.74) is 3.39. The standard InChI is InChI=1S/C23H36N2O2/c1-17-22-14-18-7-8-20(27-4)15-21(18)23(17,9-12-24(22)2)10-13-25-11-5-6-19(25)16-26-3/h7-8,15,17,19,22H,5-6,9-14,16H2,1-4H3/t17-,19-,22+,23-/m0/s1. The number of likely N-dealkylation sites (N-methyl/N-ethyl adjacent to an activating group) is 1. The normalized spacial score (nSPS) is 33.9. The van der Waals surface area contributed by atoms with Crippen molar-refractivity contribution >= 4 is 0 Å². The van der Waals surface area contributed by atoms with Gasteiger partial charge in [-0.1, -0.05) is 13.0 Å². The third kappa shape index (κ3) is 3.30. The van der Waals surface area contributed by atoms with Gasteiger partial charge in [0, 0.05) is 24.6 Å². The van der Waals surface area contributed by atoms with Gasteiger partial charge in [-0.15, -0.1) is 0 Å². The van der Waals surface area contributed by atoms with E-state index in [-0.39, 0.29) is 5.41 Å². The van der Waals surface area contributed by atoms with E-state index >= 15 is 0 Å². The van der Waals surface area contributed by atoms with Crippen LogP contribution in [0, 0.1) is 5.92 Å². The summed E-state index contributed by atoms with van der Waals surface area (Å²) in [5.74, 6) is 1.69. The molecule has 0 saturated carbocycles. The maximum atomic E-state index is 5.61. The van der Waals surface area contributed by atoms with Gasteiger partial charge >= 0.3 is 0 Å². The lowest BCUT2D eigenvalue weighted by atomic mass is 9.56. The molecule has 1 aromatic carbocycles. The number of piperidine rings is 1. The highest BCUT2D eigenvalue weighted by atomic mass is 16.5. The van der Waals surface area contributed by atoms with Gasteiger partial charge in [-0.05, 0) is 88.0 Å². The third-order valence-electron chi connectivity index (χ3n) is 7.91. The molecule has 0 spiro atoms. The first-order valence-corrected chi connectivity index (χ1v) is 10.7. The molecule has 0 aromatic heterocycles. The van der Waals surface area contributed by atoms with Crippen LogP contribution in [0.15, 0.2) is 18.2 Å². The number of fused-ring (bicyclic) bond motifs is 4. The average Bonchev–Trinajstić information content (AvgIpc) is 3.12. The van der Waals surface area contributed by atoms with E-state index in [1.54, 1.807) is 18.2 Å². The zero-order chi connectivity index (χ0) is 19.0. The second kappa shape index (κ2) is 7.73. The first kappa shape index (κ1) is 19.2. The second-order valence-corrected chi connectivity index (χ2v) is 9.01. The zero-order valence-corrected chi connectivity index (χ0v) is 17.5. The third-order valence-corrected chi connectivity index (χ3v) is 7.91. The summed E-state index contributed by atoms with van der Waals surface area (Å²) in [5, 5.41) is 0. The lowest BCUT2D eigenvalue weighted by Crippen LogP contribution is -2.58. The van der Waals surface area contributed by atoms with Crippen molar-refractivity contribution in [1.29, 1.82) is 0 Å². The smallest absolute Gasteiger partial charge is 0.119 e. The van der Waals surface area contributed by atoms with Gasteiger partial charge in [0.05, 0.1) is 13.7 Å². The number of ether oxygens (including phenoxy) is 2. The van der Waals surface area contributed by atoms with E-state index in [1.165, 1.54) is 51.7 Å². The molecule has 1 aromatic rings. The summed E-state index contributed by atoms with van der Waals surface area (Å²) in [6.07, 6.45) is 6.27. The average molecular weight is 373 g/mol. The van der Waals surface area contributed by atoms with E-state index in [1.807, 2.05) is 7.11 Å². The minimum absolute atomic E-state index is 0.277. The maximum absolute atomic E-state index is 5.61. The predicted octanol–water partition coefficient (Wildman–Crippen LogP) is 3.33. The minimum Gasteiger partial charge on any atom is -0.497 e. The zero-order valence-electron chi connectivity index (χ0n) is 17.5. The molecular formula is C23H36N2O2. The second-order valence-electron chi connectivity index (χ2n) is 9.01. The summed E-state index contributed by atoms with van der Waals surface area (Å²) >= 11 is 0. The molecular weight excluding hydrogens is 336 g/mol. The van der Waals surface area contributed by atoms with Crippen LogP contribution in [0.3, 0.4) is 0 Å². The fraction of sp³-hybridized carbons (Fsp3) is 0.739. The van der Waals surface area contributed by atoms with Gasteiger partial charge in [0.1, 0.15) is 5.75 Å². The molecule has 4 atom stereocenters. The van der Waals surface area contributed by atoms with Crippen molar-refractivity contribution in [2.24, 2.45) is 5.92 Å². The summed E-state index contributed by atoms with van der Waals surface area (Å²) in [7, 11) is 5.94. The first-order chi connectivity index (χ1) is 13.1. The Morgan fingerprint density at radius 3 is 2.85 bits per heavy atom. The molecule has 2 saturated heterocycles. The van der Waals surface area contributed by atoms with Crippen molar-refractivity contribution in [3.63, 3.8) is 0 Å². The maximum Gasteiger partial charge on any atom is 0.119 e. The summed E-state index contributed by atoms with van der Waals surface area (Å²) in [6, 6.07) is 8.09. The van der Waals surface area contributed by atoms with Crippen LogP contribution in [0.4, 0.5) is 0 Å². The van der Waals surface area contributed by atoms with Gasteiger partial charge in [-0.3, -0.25) is 4.90 Å². The Labute approximate surface area is 164 Å². The van der Waals surface area contributed by atoms with Crippen LogP contribution in [0.1, 0.15) is 43.7 Å². The van der Waals surface area contributed by atoms with E-state index in [9.17, 15) is 0 Å². The number of hydrogen-bond donors (Lipinski definition) is 0. The van der Waals surface area contributed by atoms with E-state index in [2.05, 4.69) is 42.0 Å². The van der Waals surface area contributed by atoms with E-state index in [0.29, 0.717) is 18.0 Å². The summed E-state index contributed by atoms with van der Waals surface area (Å²) < 4.78 is 11.1. The van der Waals surface area contributed by atoms with Crippen LogP contribution >= 0.6 is 0 Å². The molecule has 2 heterocycles. The molecule has 0 N–H and O–H groups in total. The molecule has 1 aliphatic carbocycles. The molecule has 0 amide bonds. The number of nitrogens with zero attached hydrogens (tertiary/aromatic N) is 2. The number of likely N-dealkylation sites (tertiary alicyclic amines) is 2. The largest absolute Gasteiger partial charge is 0.497 e. The molecule has 4 rings (SSSR count). The topological polar surface area (TPSA) is 24.9 Å². The monoisotopic (exact) mass is 372 g/mol. The molecule has 2 aliphatic heterocycles. The van der Waals surface area contributed by atoms with Crippen molar-refractivity contribution in [2.75, 3.05) is 47.5 Å². The van der Waals surface area contributed by atoms with Gasteiger partial charge < -0.3 is 14.4 Å². The molecule has 4 nitrogen and oxygen atoms in total. The molecule has 4 heteroatoms. The van der Waals surface area contributed by atoms with Crippen LogP contribution in [0.25, 0.3) is 0 Å². The molecule has 27 heavy (non-hydrogen) atoms. The molecule has 2 fully saturated rings. The Kier molecular flexibility index (Phi) is 5.50. The van der Waals surface area contributed by atoms with Crippen LogP contribution in [-0.4, -0.2) is 69.4 Å². The Balaban J connectivity index is 1.64. The van der Waals surface area contributed by atoms with Crippen molar-refractivity contribution in [1.82, 2.24) is 9.80 Å². The van der Waals surface area contributed by atoms with Gasteiger partial charge in [0.25, 0.3) is 0 Å². The van der Waals surface area contributed by atoms with Gasteiger partial charge in [-0.25, -0.2) is 0 Å². The van der Waals surface area contributed by atoms with Crippen LogP contribution in [-0.2, 0) is 16.6 Å². The van der Waals surface area contributed by atoms with Gasteiger partial charge in [-0.2, -0.15) is 0 Å². The van der Waals surface area contributed by atoms with E-state index in [0.717, 1.165) is 12.4 Å². The SMILES string of the molecule is COC[C@@H]1CCCN1CC[C@]12CCN(C)[C@H](Cc3ccc(OC)cc31)[C@@H]2C. The fourth-order valence-corrected chi connectivity index (χ4v) is 6.18. The summed E-state index contributed by atoms with van der Waals surface area (Å²) in [6.45, 7) is 6.99. The highest BCUT2D eigenvalue weighted by Crippen LogP contribution is 2.51. The number of rotatable bonds is 6. The summed E-state index contributed by atoms with van der Waals surface area (Å²) in [4.78, 5) is 5.28. The van der Waals surface area contributed by atoms with Crippen molar-refractivity contribution in [3.8, 4) is 5.75 Å². The van der Waals surface area contributed by atoms with Crippen LogP contribution in [0.2, 0.25) is 0 Å². The van der Waals surface area contributed by atoms with Crippen LogP contribution in [0.5, 0.6) is 5.75 Å². The highest BCUT2D eigenvalue weighted by Gasteiger charge is 2.50. The van der Waals surface area contributed by atoms with Crippen molar-refractivity contribution in [3.05, 3.63) is 29.3 Å². The Morgan fingerprint density at radius 1 is 1.22 bits per heavy atom. The molecule has 150 valence electrons. The van der Waals surface area contributed by atoms with Crippen LogP contribution < -0.4 is 4.74 Å². The number of methoxy groups -OCH3 is 2. The van der Waals surface area contributed by atoms with Crippen molar-refractivity contribution < 1.29 is 9.47 Å². The minimum atomic E-state index is 0.277. The lowest BCUT2D eigenvalue weighted by molar-refractivity contribution is 0.0260. The first-order valence-electron chi connectivity index (χ1n) is 10.7. The molecule has 0 radical (unpaired) electrons.